The molecule has 10 heteroatoms. The van der Waals surface area contributed by atoms with Crippen molar-refractivity contribution < 1.29 is 13.2 Å². The van der Waals surface area contributed by atoms with Crippen molar-refractivity contribution in [3.8, 4) is 0 Å². The predicted octanol–water partition coefficient (Wildman–Crippen LogP) is 4.31. The van der Waals surface area contributed by atoms with Gasteiger partial charge in [0.2, 0.25) is 0 Å². The van der Waals surface area contributed by atoms with Crippen molar-refractivity contribution in [3.05, 3.63) is 38.5 Å². The molecule has 2 rings (SSSR count). The second-order valence-electron chi connectivity index (χ2n) is 4.89. The van der Waals surface area contributed by atoms with Crippen LogP contribution in [0, 0.1) is 0 Å². The summed E-state index contributed by atoms with van der Waals surface area (Å²) in [7, 11) is 1.62. The number of alkyl halides is 3. The number of hydrogen-bond acceptors (Lipinski definition) is 4. The Morgan fingerprint density at radius 2 is 2.08 bits per heavy atom. The molecule has 2 aromatic rings. The van der Waals surface area contributed by atoms with E-state index in [1.807, 2.05) is 5.38 Å². The van der Waals surface area contributed by atoms with E-state index in [4.69, 9.17) is 0 Å². The first-order valence-corrected chi connectivity index (χ1v) is 8.70. The maximum Gasteiger partial charge on any atom is 0.434 e. The standard InChI is InChI=1S/C14H17F3N4S2.HI/c1-9(10-3-4-22-7-10)5-19-13(18-2)20-6-12-21-11(8-23-12)14(15,16)17;/h3-4,7-9H,5-6H2,1-2H3,(H2,18,19,20);1H. The minimum absolute atomic E-state index is 0. The largest absolute Gasteiger partial charge is 0.434 e. The fraction of sp³-hybridized carbons (Fsp3) is 0.429. The second-order valence-corrected chi connectivity index (χ2v) is 6.61. The topological polar surface area (TPSA) is 49.3 Å². The van der Waals surface area contributed by atoms with Gasteiger partial charge in [-0.2, -0.15) is 24.5 Å². The molecule has 0 aromatic carbocycles. The van der Waals surface area contributed by atoms with Gasteiger partial charge in [0.25, 0.3) is 0 Å². The van der Waals surface area contributed by atoms with E-state index in [-0.39, 0.29) is 30.5 Å². The van der Waals surface area contributed by atoms with Crippen LogP contribution in [0.2, 0.25) is 0 Å². The molecule has 0 aliphatic carbocycles. The summed E-state index contributed by atoms with van der Waals surface area (Å²) in [5.74, 6) is 0.854. The molecule has 1 unspecified atom stereocenters. The Kier molecular flexibility index (Phi) is 8.43. The van der Waals surface area contributed by atoms with Gasteiger partial charge >= 0.3 is 6.18 Å². The highest BCUT2D eigenvalue weighted by atomic mass is 127. The van der Waals surface area contributed by atoms with Gasteiger partial charge in [-0.3, -0.25) is 4.99 Å². The van der Waals surface area contributed by atoms with Crippen LogP contribution in [0.4, 0.5) is 13.2 Å². The first-order valence-electron chi connectivity index (χ1n) is 6.88. The van der Waals surface area contributed by atoms with Gasteiger partial charge < -0.3 is 10.6 Å². The Bertz CT molecular complexity index is 641. The van der Waals surface area contributed by atoms with E-state index in [0.29, 0.717) is 23.4 Å². The van der Waals surface area contributed by atoms with Crippen molar-refractivity contribution in [2.45, 2.75) is 25.6 Å². The third-order valence-corrected chi connectivity index (χ3v) is 4.71. The van der Waals surface area contributed by atoms with Crippen LogP contribution < -0.4 is 10.6 Å². The molecule has 0 fully saturated rings. The third-order valence-electron chi connectivity index (χ3n) is 3.16. The van der Waals surface area contributed by atoms with Crippen LogP contribution >= 0.6 is 46.7 Å². The molecule has 2 aromatic heterocycles. The number of hydrogen-bond donors (Lipinski definition) is 2. The minimum atomic E-state index is -4.40. The first-order chi connectivity index (χ1) is 10.9. The van der Waals surface area contributed by atoms with Gasteiger partial charge in [-0.15, -0.1) is 35.3 Å². The number of rotatable bonds is 5. The summed E-state index contributed by atoms with van der Waals surface area (Å²) in [6, 6.07) is 2.07. The molecule has 134 valence electrons. The highest BCUT2D eigenvalue weighted by Gasteiger charge is 2.33. The number of nitrogens with zero attached hydrogens (tertiary/aromatic N) is 2. The third kappa shape index (κ3) is 6.20. The van der Waals surface area contributed by atoms with Crippen LogP contribution in [0.1, 0.15) is 29.1 Å². The smallest absolute Gasteiger partial charge is 0.356 e. The SMILES string of the molecule is CN=C(NCc1nc(C(F)(F)F)cs1)NCC(C)c1ccsc1.I. The maximum atomic E-state index is 12.5. The van der Waals surface area contributed by atoms with Crippen LogP contribution in [0.5, 0.6) is 0 Å². The number of thiophene rings is 1. The van der Waals surface area contributed by atoms with E-state index in [1.54, 1.807) is 18.4 Å². The molecule has 0 saturated carbocycles. The Hall–Kier alpha value is -0.880. The predicted molar refractivity (Wildman–Crippen MR) is 103 cm³/mol. The molecule has 0 bridgehead atoms. The zero-order valence-electron chi connectivity index (χ0n) is 13.1. The molecular formula is C14H18F3IN4S2. The van der Waals surface area contributed by atoms with E-state index in [9.17, 15) is 13.2 Å². The van der Waals surface area contributed by atoms with Gasteiger partial charge in [-0.25, -0.2) is 4.98 Å². The molecule has 2 heterocycles. The van der Waals surface area contributed by atoms with E-state index in [1.165, 1.54) is 5.56 Å². The van der Waals surface area contributed by atoms with Gasteiger partial charge in [0.05, 0.1) is 6.54 Å². The minimum Gasteiger partial charge on any atom is -0.356 e. The zero-order chi connectivity index (χ0) is 16.9. The van der Waals surface area contributed by atoms with Gasteiger partial charge in [0.15, 0.2) is 11.7 Å². The zero-order valence-corrected chi connectivity index (χ0v) is 17.0. The van der Waals surface area contributed by atoms with Gasteiger partial charge in [0, 0.05) is 19.0 Å². The van der Waals surface area contributed by atoms with E-state index in [2.05, 4.69) is 39.0 Å². The van der Waals surface area contributed by atoms with Crippen LogP contribution in [-0.4, -0.2) is 24.5 Å². The number of nitrogens with one attached hydrogen (secondary N) is 2. The Balaban J connectivity index is 0.00000288. The molecule has 0 radical (unpaired) electrons. The Morgan fingerprint density at radius 1 is 1.33 bits per heavy atom. The molecule has 0 aliphatic rings. The summed E-state index contributed by atoms with van der Waals surface area (Å²) in [5, 5.41) is 11.6. The molecule has 2 N–H and O–H groups in total. The number of thiazole rings is 1. The van der Waals surface area contributed by atoms with Gasteiger partial charge in [0.1, 0.15) is 5.01 Å². The number of guanidine groups is 1. The first kappa shape index (κ1) is 21.2. The second kappa shape index (κ2) is 9.56. The van der Waals surface area contributed by atoms with Crippen molar-refractivity contribution in [2.75, 3.05) is 13.6 Å². The summed E-state index contributed by atoms with van der Waals surface area (Å²) >= 11 is 2.62. The number of aliphatic imine (C=N–C) groups is 1. The van der Waals surface area contributed by atoms with Gasteiger partial charge in [-0.1, -0.05) is 6.92 Å². The fourth-order valence-corrected chi connectivity index (χ4v) is 3.35. The fourth-order valence-electron chi connectivity index (χ4n) is 1.83. The summed E-state index contributed by atoms with van der Waals surface area (Å²) in [4.78, 5) is 7.64. The number of aromatic nitrogens is 1. The number of halogens is 4. The normalized spacial score (nSPS) is 13.3. The highest BCUT2D eigenvalue weighted by Crippen LogP contribution is 2.29. The van der Waals surface area contributed by atoms with E-state index < -0.39 is 11.9 Å². The summed E-state index contributed by atoms with van der Waals surface area (Å²) in [5.41, 5.74) is 0.390. The molecule has 4 nitrogen and oxygen atoms in total. The Morgan fingerprint density at radius 3 is 2.62 bits per heavy atom. The molecule has 0 aliphatic heterocycles. The van der Waals surface area contributed by atoms with E-state index >= 15 is 0 Å². The molecule has 24 heavy (non-hydrogen) atoms. The van der Waals surface area contributed by atoms with Crippen molar-refractivity contribution in [3.63, 3.8) is 0 Å². The van der Waals surface area contributed by atoms with Crippen molar-refractivity contribution in [1.29, 1.82) is 0 Å². The van der Waals surface area contributed by atoms with E-state index in [0.717, 1.165) is 16.7 Å². The average molecular weight is 490 g/mol. The van der Waals surface area contributed by atoms with Crippen molar-refractivity contribution >= 4 is 52.6 Å². The quantitative estimate of drug-likeness (QED) is 0.373. The van der Waals surface area contributed by atoms with Crippen molar-refractivity contribution in [2.24, 2.45) is 4.99 Å². The molecule has 1 atom stereocenters. The molecule has 0 spiro atoms. The maximum absolute atomic E-state index is 12.5. The lowest BCUT2D eigenvalue weighted by Gasteiger charge is -2.14. The Labute approximate surface area is 163 Å². The van der Waals surface area contributed by atoms with Crippen LogP contribution in [0.15, 0.2) is 27.2 Å². The summed E-state index contributed by atoms with van der Waals surface area (Å²) < 4.78 is 37.5. The lowest BCUT2D eigenvalue weighted by atomic mass is 10.1. The molecule has 0 saturated heterocycles. The van der Waals surface area contributed by atoms with Gasteiger partial charge in [-0.05, 0) is 28.3 Å². The van der Waals surface area contributed by atoms with Crippen molar-refractivity contribution in [1.82, 2.24) is 15.6 Å². The lowest BCUT2D eigenvalue weighted by Crippen LogP contribution is -2.38. The van der Waals surface area contributed by atoms with Crippen LogP contribution in [0.3, 0.4) is 0 Å². The van der Waals surface area contributed by atoms with Crippen LogP contribution in [0.25, 0.3) is 0 Å². The molecule has 0 amide bonds. The van der Waals surface area contributed by atoms with Crippen LogP contribution in [-0.2, 0) is 12.7 Å². The lowest BCUT2D eigenvalue weighted by molar-refractivity contribution is -0.140. The summed E-state index contributed by atoms with van der Waals surface area (Å²) in [6.07, 6.45) is -4.40. The monoisotopic (exact) mass is 490 g/mol. The highest BCUT2D eigenvalue weighted by molar-refractivity contribution is 14.0. The summed E-state index contributed by atoms with van der Waals surface area (Å²) in [6.45, 7) is 2.98. The molecular weight excluding hydrogens is 472 g/mol. The average Bonchev–Trinajstić information content (AvgIpc) is 3.18.